The van der Waals surface area contributed by atoms with Gasteiger partial charge in [0, 0.05) is 23.4 Å². The number of non-ortho nitro benzene ring substituents is 1. The molecule has 0 saturated heterocycles. The number of hydrogen-bond acceptors (Lipinski definition) is 5. The second kappa shape index (κ2) is 11.1. The van der Waals surface area contributed by atoms with Crippen LogP contribution in [0.5, 0.6) is 0 Å². The van der Waals surface area contributed by atoms with Crippen molar-refractivity contribution in [1.29, 1.82) is 0 Å². The molecule has 0 fully saturated rings. The molecule has 38 heavy (non-hydrogen) atoms. The highest BCUT2D eigenvalue weighted by Gasteiger charge is 2.17. The van der Waals surface area contributed by atoms with Gasteiger partial charge in [-0.15, -0.1) is 0 Å². The summed E-state index contributed by atoms with van der Waals surface area (Å²) in [5.74, 6) is -0.452. The van der Waals surface area contributed by atoms with Crippen LogP contribution < -0.4 is 10.0 Å². The van der Waals surface area contributed by atoms with Gasteiger partial charge in [0.1, 0.15) is 0 Å². The van der Waals surface area contributed by atoms with E-state index in [2.05, 4.69) is 10.0 Å². The van der Waals surface area contributed by atoms with Crippen molar-refractivity contribution in [3.63, 3.8) is 0 Å². The fourth-order valence-electron chi connectivity index (χ4n) is 3.84. The van der Waals surface area contributed by atoms with Crippen LogP contribution in [0.25, 0.3) is 11.6 Å². The fraction of sp³-hybridized carbons (Fsp3) is 0.0690. The Morgan fingerprint density at radius 2 is 1.58 bits per heavy atom. The second-order valence-corrected chi connectivity index (χ2v) is 10.4. The standard InChI is InChI=1S/C29H25N3O5S/c1-20-11-16-28(21(2)17-20)31-38(36,37)26-14-12-24(13-15-26)30-29(33)27(23-8-4-3-5-9-23)19-22-7-6-10-25(18-22)32(34)35/h3-19,31H,1-2H3,(H,30,33)/b27-19+. The monoisotopic (exact) mass is 527 g/mol. The number of nitro groups is 1. The molecule has 4 aromatic carbocycles. The van der Waals surface area contributed by atoms with E-state index in [9.17, 15) is 23.3 Å². The van der Waals surface area contributed by atoms with E-state index in [0.29, 0.717) is 28.1 Å². The quantitative estimate of drug-likeness (QED) is 0.123. The highest BCUT2D eigenvalue weighted by molar-refractivity contribution is 7.92. The van der Waals surface area contributed by atoms with Crippen molar-refractivity contribution in [3.05, 3.63) is 129 Å². The van der Waals surface area contributed by atoms with Gasteiger partial charge in [0.15, 0.2) is 0 Å². The number of nitro benzene ring substituents is 1. The SMILES string of the molecule is Cc1ccc(NS(=O)(=O)c2ccc(NC(=O)/C(=C/c3cccc([N+](=O)[O-])c3)c3ccccc3)cc2)c(C)c1. The zero-order valence-corrected chi connectivity index (χ0v) is 21.5. The Morgan fingerprint density at radius 3 is 2.24 bits per heavy atom. The molecule has 0 spiro atoms. The molecule has 0 radical (unpaired) electrons. The van der Waals surface area contributed by atoms with E-state index in [1.807, 2.05) is 32.0 Å². The number of carbonyl (C=O) groups is 1. The lowest BCUT2D eigenvalue weighted by Crippen LogP contribution is -2.15. The molecule has 0 aromatic heterocycles. The highest BCUT2D eigenvalue weighted by atomic mass is 32.2. The van der Waals surface area contributed by atoms with Gasteiger partial charge >= 0.3 is 0 Å². The molecule has 4 aromatic rings. The molecule has 0 unspecified atom stereocenters. The Hall–Kier alpha value is -4.76. The molecule has 8 nitrogen and oxygen atoms in total. The van der Waals surface area contributed by atoms with Crippen LogP contribution >= 0.6 is 0 Å². The molecular weight excluding hydrogens is 502 g/mol. The number of nitrogens with zero attached hydrogens (tertiary/aromatic N) is 1. The fourth-order valence-corrected chi connectivity index (χ4v) is 4.97. The van der Waals surface area contributed by atoms with E-state index in [1.54, 1.807) is 48.5 Å². The minimum atomic E-state index is -3.83. The van der Waals surface area contributed by atoms with E-state index in [-0.39, 0.29) is 10.6 Å². The number of carbonyl (C=O) groups excluding carboxylic acids is 1. The van der Waals surface area contributed by atoms with Crippen molar-refractivity contribution in [3.8, 4) is 0 Å². The summed E-state index contributed by atoms with van der Waals surface area (Å²) in [6, 6.07) is 26.2. The number of benzene rings is 4. The lowest BCUT2D eigenvalue weighted by Gasteiger charge is -2.13. The summed E-state index contributed by atoms with van der Waals surface area (Å²) in [5, 5.41) is 14.0. The average Bonchev–Trinajstić information content (AvgIpc) is 2.90. The van der Waals surface area contributed by atoms with E-state index in [4.69, 9.17) is 0 Å². The third kappa shape index (κ3) is 6.32. The predicted octanol–water partition coefficient (Wildman–Crippen LogP) is 6.19. The Balaban J connectivity index is 1.58. The predicted molar refractivity (Wildman–Crippen MR) is 149 cm³/mol. The van der Waals surface area contributed by atoms with Crippen LogP contribution in [-0.4, -0.2) is 19.2 Å². The molecule has 0 bridgehead atoms. The summed E-state index contributed by atoms with van der Waals surface area (Å²) in [4.78, 5) is 24.0. The van der Waals surface area contributed by atoms with Crippen LogP contribution in [0.15, 0.2) is 102 Å². The van der Waals surface area contributed by atoms with Gasteiger partial charge in [0.25, 0.3) is 21.6 Å². The number of nitrogens with one attached hydrogen (secondary N) is 2. The van der Waals surface area contributed by atoms with E-state index in [0.717, 1.165) is 11.1 Å². The maximum absolute atomic E-state index is 13.3. The van der Waals surface area contributed by atoms with Gasteiger partial charge in [0.2, 0.25) is 0 Å². The van der Waals surface area contributed by atoms with Crippen LogP contribution in [0.1, 0.15) is 22.3 Å². The Kier molecular flexibility index (Phi) is 7.68. The van der Waals surface area contributed by atoms with Gasteiger partial charge < -0.3 is 5.32 Å². The number of amides is 1. The first-order valence-corrected chi connectivity index (χ1v) is 13.1. The zero-order chi connectivity index (χ0) is 27.3. The zero-order valence-electron chi connectivity index (χ0n) is 20.7. The van der Waals surface area contributed by atoms with Crippen LogP contribution in [0.2, 0.25) is 0 Å². The van der Waals surface area contributed by atoms with Gasteiger partial charge in [-0.25, -0.2) is 8.42 Å². The molecule has 1 amide bonds. The van der Waals surface area contributed by atoms with Gasteiger partial charge in [-0.05, 0) is 66.9 Å². The lowest BCUT2D eigenvalue weighted by molar-refractivity contribution is -0.384. The molecule has 4 rings (SSSR count). The molecule has 2 N–H and O–H groups in total. The summed E-state index contributed by atoms with van der Waals surface area (Å²) < 4.78 is 28.4. The third-order valence-electron chi connectivity index (χ3n) is 5.77. The van der Waals surface area contributed by atoms with Crippen molar-refractivity contribution in [2.45, 2.75) is 18.7 Å². The molecule has 0 heterocycles. The molecular formula is C29H25N3O5S. The maximum atomic E-state index is 13.3. The number of rotatable bonds is 8. The molecule has 0 aliphatic heterocycles. The summed E-state index contributed by atoms with van der Waals surface area (Å²) >= 11 is 0. The highest BCUT2D eigenvalue weighted by Crippen LogP contribution is 2.25. The van der Waals surface area contributed by atoms with Crippen LogP contribution in [0.3, 0.4) is 0 Å². The van der Waals surface area contributed by atoms with Crippen molar-refractivity contribution >= 4 is 44.6 Å². The van der Waals surface area contributed by atoms with E-state index < -0.39 is 20.9 Å². The smallest absolute Gasteiger partial charge is 0.270 e. The second-order valence-electron chi connectivity index (χ2n) is 8.68. The number of sulfonamides is 1. The molecule has 0 aliphatic rings. The molecule has 0 atom stereocenters. The van der Waals surface area contributed by atoms with E-state index >= 15 is 0 Å². The van der Waals surface area contributed by atoms with Crippen LogP contribution in [-0.2, 0) is 14.8 Å². The Bertz CT molecular complexity index is 1630. The van der Waals surface area contributed by atoms with Gasteiger partial charge in [-0.3, -0.25) is 19.6 Å². The van der Waals surface area contributed by atoms with Crippen LogP contribution in [0.4, 0.5) is 17.1 Å². The van der Waals surface area contributed by atoms with Crippen LogP contribution in [0, 0.1) is 24.0 Å². The average molecular weight is 528 g/mol. The Morgan fingerprint density at radius 1 is 0.868 bits per heavy atom. The topological polar surface area (TPSA) is 118 Å². The Labute approximate surface area is 220 Å². The first-order chi connectivity index (χ1) is 18.1. The van der Waals surface area contributed by atoms with Crippen molar-refractivity contribution in [2.75, 3.05) is 10.0 Å². The van der Waals surface area contributed by atoms with Gasteiger partial charge in [-0.2, -0.15) is 0 Å². The van der Waals surface area contributed by atoms with Gasteiger partial charge in [-0.1, -0.05) is 60.2 Å². The van der Waals surface area contributed by atoms with E-state index in [1.165, 1.54) is 36.4 Å². The molecule has 0 saturated carbocycles. The molecule has 9 heteroatoms. The first kappa shape index (κ1) is 26.3. The number of aryl methyl sites for hydroxylation is 2. The molecule has 192 valence electrons. The minimum absolute atomic E-state index is 0.0471. The first-order valence-electron chi connectivity index (χ1n) is 11.7. The summed E-state index contributed by atoms with van der Waals surface area (Å²) in [7, 11) is -3.83. The largest absolute Gasteiger partial charge is 0.322 e. The lowest BCUT2D eigenvalue weighted by atomic mass is 10.0. The summed E-state index contributed by atoms with van der Waals surface area (Å²) in [6.45, 7) is 3.76. The van der Waals surface area contributed by atoms with Crippen molar-refractivity contribution in [2.24, 2.45) is 0 Å². The molecule has 0 aliphatic carbocycles. The maximum Gasteiger partial charge on any atom is 0.270 e. The normalized spacial score (nSPS) is 11.6. The number of hydrogen-bond donors (Lipinski definition) is 2. The van der Waals surface area contributed by atoms with Crippen molar-refractivity contribution in [1.82, 2.24) is 0 Å². The van der Waals surface area contributed by atoms with Gasteiger partial charge in [0.05, 0.1) is 15.5 Å². The summed E-state index contributed by atoms with van der Waals surface area (Å²) in [5.41, 5.74) is 4.03. The minimum Gasteiger partial charge on any atom is -0.322 e. The third-order valence-corrected chi connectivity index (χ3v) is 7.15. The number of anilines is 2. The summed E-state index contributed by atoms with van der Waals surface area (Å²) in [6.07, 6.45) is 1.57. The van der Waals surface area contributed by atoms with Crippen molar-refractivity contribution < 1.29 is 18.1 Å².